The van der Waals surface area contributed by atoms with Crippen LogP contribution in [0.15, 0.2) is 0 Å². The van der Waals surface area contributed by atoms with E-state index in [-0.39, 0.29) is 5.91 Å². The van der Waals surface area contributed by atoms with E-state index in [0.29, 0.717) is 12.0 Å². The Morgan fingerprint density at radius 1 is 1.47 bits per heavy atom. The van der Waals surface area contributed by atoms with E-state index >= 15 is 0 Å². The lowest BCUT2D eigenvalue weighted by atomic mass is 10.0. The number of hydrogen-bond acceptors (Lipinski definition) is 2. The molecule has 0 aromatic carbocycles. The van der Waals surface area contributed by atoms with Gasteiger partial charge in [-0.25, -0.2) is 0 Å². The highest BCUT2D eigenvalue weighted by atomic mass is 16.4. The third-order valence-electron chi connectivity index (χ3n) is 3.71. The third-order valence-corrected chi connectivity index (χ3v) is 3.71. The first-order valence-electron chi connectivity index (χ1n) is 5.56. The number of carboxylic acid groups (broad SMARTS) is 1. The maximum absolute atomic E-state index is 11.4. The fraction of sp³-hybridized carbons (Fsp3) is 0.818. The molecule has 1 unspecified atom stereocenters. The maximum atomic E-state index is 11.4. The highest BCUT2D eigenvalue weighted by Crippen LogP contribution is 2.60. The molecule has 0 aliphatic heterocycles. The SMILES string of the molecule is CC(C(=O)O)C(=O)NCC1(C2CC2)CC1. The van der Waals surface area contributed by atoms with Crippen LogP contribution in [0, 0.1) is 17.3 Å². The molecular formula is C11H17NO3. The molecule has 0 aromatic rings. The Balaban J connectivity index is 1.78. The minimum atomic E-state index is -1.05. The highest BCUT2D eigenvalue weighted by molar-refractivity contribution is 5.96. The number of rotatable bonds is 5. The molecule has 0 spiro atoms. The summed E-state index contributed by atoms with van der Waals surface area (Å²) in [5.41, 5.74) is 0.341. The molecule has 0 bridgehead atoms. The van der Waals surface area contributed by atoms with Crippen molar-refractivity contribution in [3.05, 3.63) is 0 Å². The summed E-state index contributed by atoms with van der Waals surface area (Å²) in [5, 5.41) is 11.4. The van der Waals surface area contributed by atoms with Crippen LogP contribution in [0.5, 0.6) is 0 Å². The van der Waals surface area contributed by atoms with E-state index in [2.05, 4.69) is 5.32 Å². The molecule has 0 heterocycles. The summed E-state index contributed by atoms with van der Waals surface area (Å²) in [7, 11) is 0. The lowest BCUT2D eigenvalue weighted by molar-refractivity contribution is -0.146. The maximum Gasteiger partial charge on any atom is 0.315 e. The number of amides is 1. The van der Waals surface area contributed by atoms with Gasteiger partial charge in [0, 0.05) is 6.54 Å². The molecule has 2 aliphatic carbocycles. The molecule has 0 aromatic heterocycles. The number of nitrogens with one attached hydrogen (secondary N) is 1. The van der Waals surface area contributed by atoms with Crippen molar-refractivity contribution in [2.45, 2.75) is 32.6 Å². The van der Waals surface area contributed by atoms with Gasteiger partial charge >= 0.3 is 5.97 Å². The predicted octanol–water partition coefficient (Wildman–Crippen LogP) is 1.01. The summed E-state index contributed by atoms with van der Waals surface area (Å²) >= 11 is 0. The van der Waals surface area contributed by atoms with E-state index in [9.17, 15) is 9.59 Å². The topological polar surface area (TPSA) is 66.4 Å². The Labute approximate surface area is 89.0 Å². The van der Waals surface area contributed by atoms with Gasteiger partial charge in [-0.15, -0.1) is 0 Å². The molecule has 4 nitrogen and oxygen atoms in total. The van der Waals surface area contributed by atoms with Crippen LogP contribution in [0.4, 0.5) is 0 Å². The van der Waals surface area contributed by atoms with Crippen LogP contribution >= 0.6 is 0 Å². The van der Waals surface area contributed by atoms with Crippen molar-refractivity contribution in [3.8, 4) is 0 Å². The predicted molar refractivity (Wildman–Crippen MR) is 54.2 cm³/mol. The smallest absolute Gasteiger partial charge is 0.315 e. The van der Waals surface area contributed by atoms with Crippen LogP contribution in [0.1, 0.15) is 32.6 Å². The summed E-state index contributed by atoms with van der Waals surface area (Å²) < 4.78 is 0. The van der Waals surface area contributed by atoms with Crippen LogP contribution in [0.2, 0.25) is 0 Å². The van der Waals surface area contributed by atoms with Crippen molar-refractivity contribution in [1.82, 2.24) is 5.32 Å². The van der Waals surface area contributed by atoms with E-state index in [4.69, 9.17) is 5.11 Å². The number of carbonyl (C=O) groups is 2. The molecular weight excluding hydrogens is 194 g/mol. The Morgan fingerprint density at radius 3 is 2.47 bits per heavy atom. The Morgan fingerprint density at radius 2 is 2.07 bits per heavy atom. The molecule has 0 saturated heterocycles. The monoisotopic (exact) mass is 211 g/mol. The normalized spacial score (nSPS) is 24.3. The lowest BCUT2D eigenvalue weighted by Gasteiger charge is -2.16. The zero-order valence-electron chi connectivity index (χ0n) is 8.95. The molecule has 15 heavy (non-hydrogen) atoms. The molecule has 2 aliphatic rings. The van der Waals surface area contributed by atoms with Gasteiger partial charge in [0.1, 0.15) is 5.92 Å². The quantitative estimate of drug-likeness (QED) is 0.667. The number of carboxylic acids is 1. The van der Waals surface area contributed by atoms with Crippen molar-refractivity contribution < 1.29 is 14.7 Å². The summed E-state index contributed by atoms with van der Waals surface area (Å²) in [6, 6.07) is 0. The first kappa shape index (κ1) is 10.5. The van der Waals surface area contributed by atoms with Gasteiger partial charge in [-0.1, -0.05) is 0 Å². The number of carbonyl (C=O) groups excluding carboxylic acids is 1. The zero-order chi connectivity index (χ0) is 11.1. The molecule has 0 radical (unpaired) electrons. The summed E-state index contributed by atoms with van der Waals surface area (Å²) in [6.07, 6.45) is 4.95. The molecule has 4 heteroatoms. The molecule has 1 amide bonds. The first-order valence-corrected chi connectivity index (χ1v) is 5.56. The van der Waals surface area contributed by atoms with Gasteiger partial charge in [0.05, 0.1) is 0 Å². The number of hydrogen-bond donors (Lipinski definition) is 2. The van der Waals surface area contributed by atoms with Crippen LogP contribution in [-0.4, -0.2) is 23.5 Å². The van der Waals surface area contributed by atoms with Crippen molar-refractivity contribution in [1.29, 1.82) is 0 Å². The first-order chi connectivity index (χ1) is 7.05. The largest absolute Gasteiger partial charge is 0.481 e. The summed E-state index contributed by atoms with van der Waals surface area (Å²) in [6.45, 7) is 2.10. The van der Waals surface area contributed by atoms with Gasteiger partial charge in [0.2, 0.25) is 5.91 Å². The molecule has 84 valence electrons. The standard InChI is InChI=1S/C11H17NO3/c1-7(10(14)15)9(13)12-6-11(4-5-11)8-2-3-8/h7-8H,2-6H2,1H3,(H,12,13)(H,14,15). The van der Waals surface area contributed by atoms with Crippen molar-refractivity contribution in [3.63, 3.8) is 0 Å². The van der Waals surface area contributed by atoms with Crippen molar-refractivity contribution in [2.24, 2.45) is 17.3 Å². The second-order valence-electron chi connectivity index (χ2n) is 4.91. The van der Waals surface area contributed by atoms with Crippen LogP contribution in [0.3, 0.4) is 0 Å². The average molecular weight is 211 g/mol. The molecule has 2 N–H and O–H groups in total. The van der Waals surface area contributed by atoms with Gasteiger partial charge < -0.3 is 10.4 Å². The Bertz CT molecular complexity index is 292. The third kappa shape index (κ3) is 2.13. The van der Waals surface area contributed by atoms with Crippen LogP contribution in [0.25, 0.3) is 0 Å². The molecule has 2 saturated carbocycles. The van der Waals surface area contributed by atoms with Crippen molar-refractivity contribution >= 4 is 11.9 Å². The highest BCUT2D eigenvalue weighted by Gasteiger charge is 2.53. The second-order valence-corrected chi connectivity index (χ2v) is 4.91. The van der Waals surface area contributed by atoms with Crippen molar-refractivity contribution in [2.75, 3.05) is 6.54 Å². The summed E-state index contributed by atoms with van der Waals surface area (Å²) in [4.78, 5) is 22.0. The molecule has 2 rings (SSSR count). The average Bonchev–Trinajstić information content (AvgIpc) is 3.01. The van der Waals surface area contributed by atoms with Gasteiger partial charge in [-0.2, -0.15) is 0 Å². The van der Waals surface area contributed by atoms with Crippen LogP contribution in [-0.2, 0) is 9.59 Å². The summed E-state index contributed by atoms with van der Waals surface area (Å²) in [5.74, 6) is -1.55. The van der Waals surface area contributed by atoms with E-state index in [0.717, 1.165) is 5.92 Å². The Hall–Kier alpha value is -1.06. The van der Waals surface area contributed by atoms with E-state index in [1.807, 2.05) is 0 Å². The fourth-order valence-electron chi connectivity index (χ4n) is 2.11. The minimum absolute atomic E-state index is 0.341. The second kappa shape index (κ2) is 3.51. The van der Waals surface area contributed by atoms with Gasteiger partial charge in [0.25, 0.3) is 0 Å². The van der Waals surface area contributed by atoms with Gasteiger partial charge in [-0.3, -0.25) is 9.59 Å². The zero-order valence-corrected chi connectivity index (χ0v) is 8.95. The number of aliphatic carboxylic acids is 1. The minimum Gasteiger partial charge on any atom is -0.481 e. The fourth-order valence-corrected chi connectivity index (χ4v) is 2.11. The molecule has 2 fully saturated rings. The van der Waals surface area contributed by atoms with Gasteiger partial charge in [-0.05, 0) is 43.9 Å². The van der Waals surface area contributed by atoms with E-state index in [1.54, 1.807) is 0 Å². The Kier molecular flexibility index (Phi) is 2.44. The van der Waals surface area contributed by atoms with E-state index < -0.39 is 11.9 Å². The van der Waals surface area contributed by atoms with Crippen LogP contribution < -0.4 is 5.32 Å². The lowest BCUT2D eigenvalue weighted by Crippen LogP contribution is -2.37. The van der Waals surface area contributed by atoms with Gasteiger partial charge in [0.15, 0.2) is 0 Å². The molecule has 1 atom stereocenters. The van der Waals surface area contributed by atoms with E-state index in [1.165, 1.54) is 32.6 Å².